The van der Waals surface area contributed by atoms with Gasteiger partial charge in [0.05, 0.1) is 5.56 Å². The van der Waals surface area contributed by atoms with Crippen molar-refractivity contribution in [1.82, 2.24) is 15.8 Å². The van der Waals surface area contributed by atoms with Gasteiger partial charge in [0.1, 0.15) is 0 Å². The van der Waals surface area contributed by atoms with Gasteiger partial charge in [-0.05, 0) is 24.4 Å². The Morgan fingerprint density at radius 3 is 2.71 bits per heavy atom. The number of thiocarbonyl (C=S) groups is 1. The van der Waals surface area contributed by atoms with E-state index in [1.807, 2.05) is 0 Å². The minimum absolute atomic E-state index is 0.0616. The Bertz CT molecular complexity index is 353. The van der Waals surface area contributed by atoms with Crippen molar-refractivity contribution < 1.29 is 9.18 Å². The molecule has 0 aromatic carbocycles. The Morgan fingerprint density at radius 2 is 2.21 bits per heavy atom. The zero-order valence-corrected chi connectivity index (χ0v) is 7.77. The first-order valence-corrected chi connectivity index (χ1v) is 3.98. The van der Waals surface area contributed by atoms with Crippen LogP contribution in [0.3, 0.4) is 0 Å². The van der Waals surface area contributed by atoms with Gasteiger partial charge in [-0.3, -0.25) is 15.6 Å². The second-order valence-electron chi connectivity index (χ2n) is 2.31. The fraction of sp³-hybridized carbons (Fsp3) is 0. The summed E-state index contributed by atoms with van der Waals surface area (Å²) in [6, 6.07) is 2.37. The van der Waals surface area contributed by atoms with Crippen LogP contribution < -0.4 is 16.6 Å². The topological polar surface area (TPSA) is 80.0 Å². The average molecular weight is 214 g/mol. The van der Waals surface area contributed by atoms with Crippen molar-refractivity contribution in [3.8, 4) is 0 Å². The van der Waals surface area contributed by atoms with Gasteiger partial charge in [0.2, 0.25) is 5.95 Å². The van der Waals surface area contributed by atoms with Gasteiger partial charge in [0, 0.05) is 6.20 Å². The summed E-state index contributed by atoms with van der Waals surface area (Å²) in [6.07, 6.45) is 1.10. The van der Waals surface area contributed by atoms with E-state index in [0.29, 0.717) is 0 Å². The number of aromatic nitrogens is 1. The highest BCUT2D eigenvalue weighted by Gasteiger charge is 2.04. The highest BCUT2D eigenvalue weighted by atomic mass is 32.1. The lowest BCUT2D eigenvalue weighted by Crippen LogP contribution is -2.44. The zero-order chi connectivity index (χ0) is 10.6. The van der Waals surface area contributed by atoms with E-state index in [4.69, 9.17) is 5.73 Å². The molecule has 1 aromatic rings. The van der Waals surface area contributed by atoms with Crippen LogP contribution in [0, 0.1) is 5.95 Å². The van der Waals surface area contributed by atoms with Gasteiger partial charge in [-0.25, -0.2) is 4.98 Å². The van der Waals surface area contributed by atoms with Crippen molar-refractivity contribution in [3.63, 3.8) is 0 Å². The fourth-order valence-corrected chi connectivity index (χ4v) is 0.752. The first-order chi connectivity index (χ1) is 6.59. The Kier molecular flexibility index (Phi) is 3.29. The number of hydrazine groups is 1. The minimum atomic E-state index is -0.649. The van der Waals surface area contributed by atoms with E-state index in [1.165, 1.54) is 6.07 Å². The number of nitrogens with one attached hydrogen (secondary N) is 2. The number of carbonyl (C=O) groups is 1. The molecule has 0 saturated carbocycles. The van der Waals surface area contributed by atoms with Crippen LogP contribution >= 0.6 is 12.2 Å². The summed E-state index contributed by atoms with van der Waals surface area (Å²) in [5.41, 5.74) is 9.72. The number of hydrogen-bond donors (Lipinski definition) is 3. The number of hydrogen-bond acceptors (Lipinski definition) is 3. The summed E-state index contributed by atoms with van der Waals surface area (Å²) in [5.74, 6) is -1.14. The number of rotatable bonds is 1. The maximum Gasteiger partial charge on any atom is 0.271 e. The lowest BCUT2D eigenvalue weighted by atomic mass is 10.3. The molecule has 1 aromatic heterocycles. The normalized spacial score (nSPS) is 9.21. The maximum atomic E-state index is 12.4. The van der Waals surface area contributed by atoms with Gasteiger partial charge < -0.3 is 5.73 Å². The molecule has 1 heterocycles. The van der Waals surface area contributed by atoms with Crippen LogP contribution in [0.4, 0.5) is 4.39 Å². The molecular weight excluding hydrogens is 207 g/mol. The highest BCUT2D eigenvalue weighted by molar-refractivity contribution is 7.80. The molecule has 14 heavy (non-hydrogen) atoms. The third-order valence-corrected chi connectivity index (χ3v) is 1.39. The molecular formula is C7H7FN4OS. The molecule has 0 fully saturated rings. The van der Waals surface area contributed by atoms with Gasteiger partial charge in [0.15, 0.2) is 5.11 Å². The maximum absolute atomic E-state index is 12.4. The molecule has 7 heteroatoms. The molecule has 0 aliphatic rings. The highest BCUT2D eigenvalue weighted by Crippen LogP contribution is 1.97. The van der Waals surface area contributed by atoms with Gasteiger partial charge >= 0.3 is 0 Å². The zero-order valence-electron chi connectivity index (χ0n) is 6.95. The van der Waals surface area contributed by atoms with Crippen LogP contribution in [0.1, 0.15) is 10.4 Å². The average Bonchev–Trinajstić information content (AvgIpc) is 2.15. The van der Waals surface area contributed by atoms with Gasteiger partial charge in [-0.15, -0.1) is 0 Å². The van der Waals surface area contributed by atoms with E-state index >= 15 is 0 Å². The van der Waals surface area contributed by atoms with Crippen LogP contribution in [-0.2, 0) is 0 Å². The number of amides is 1. The SMILES string of the molecule is NC(=S)NNC(=O)c1ccc(F)nc1. The molecule has 1 amide bonds. The van der Waals surface area contributed by atoms with Crippen LogP contribution in [0.5, 0.6) is 0 Å². The molecule has 0 bridgehead atoms. The Hall–Kier alpha value is -1.76. The van der Waals surface area contributed by atoms with Crippen LogP contribution in [0.25, 0.3) is 0 Å². The van der Waals surface area contributed by atoms with Crippen molar-refractivity contribution >= 4 is 23.2 Å². The predicted octanol–water partition coefficient (Wildman–Crippen LogP) is -0.301. The van der Waals surface area contributed by atoms with Gasteiger partial charge in [-0.1, -0.05) is 0 Å². The number of pyridine rings is 1. The molecule has 0 saturated heterocycles. The molecule has 0 radical (unpaired) electrons. The number of nitrogens with zero attached hydrogens (tertiary/aromatic N) is 1. The lowest BCUT2D eigenvalue weighted by Gasteiger charge is -2.05. The standard InChI is InChI=1S/C7H7FN4OS/c8-5-2-1-4(3-10-5)6(13)11-12-7(9)14/h1-3H,(H,11,13)(H3,9,12,14). The largest absolute Gasteiger partial charge is 0.375 e. The molecule has 0 aliphatic carbocycles. The first-order valence-electron chi connectivity index (χ1n) is 3.57. The number of carbonyl (C=O) groups excluding carboxylic acids is 1. The summed E-state index contributed by atoms with van der Waals surface area (Å²) < 4.78 is 12.4. The van der Waals surface area contributed by atoms with Crippen molar-refractivity contribution in [1.29, 1.82) is 0 Å². The summed E-state index contributed by atoms with van der Waals surface area (Å²) in [7, 11) is 0. The second-order valence-corrected chi connectivity index (χ2v) is 2.75. The van der Waals surface area contributed by atoms with Crippen LogP contribution in [0.15, 0.2) is 18.3 Å². The van der Waals surface area contributed by atoms with E-state index < -0.39 is 11.9 Å². The molecule has 5 nitrogen and oxygen atoms in total. The molecule has 74 valence electrons. The molecule has 4 N–H and O–H groups in total. The number of nitrogens with two attached hydrogens (primary N) is 1. The van der Waals surface area contributed by atoms with Crippen molar-refractivity contribution in [3.05, 3.63) is 29.8 Å². The van der Waals surface area contributed by atoms with Crippen molar-refractivity contribution in [2.24, 2.45) is 5.73 Å². The van der Waals surface area contributed by atoms with Crippen LogP contribution in [-0.4, -0.2) is 16.0 Å². The van der Waals surface area contributed by atoms with E-state index in [0.717, 1.165) is 12.3 Å². The Morgan fingerprint density at radius 1 is 1.50 bits per heavy atom. The smallest absolute Gasteiger partial charge is 0.271 e. The molecule has 0 spiro atoms. The molecule has 1 rings (SSSR count). The fourth-order valence-electron chi connectivity index (χ4n) is 0.701. The Balaban J connectivity index is 2.61. The molecule has 0 atom stereocenters. The summed E-state index contributed by atoms with van der Waals surface area (Å²) in [6.45, 7) is 0. The summed E-state index contributed by atoms with van der Waals surface area (Å²) in [5, 5.41) is -0.0616. The summed E-state index contributed by atoms with van der Waals surface area (Å²) >= 11 is 4.46. The third kappa shape index (κ3) is 2.94. The van der Waals surface area contributed by atoms with Crippen molar-refractivity contribution in [2.75, 3.05) is 0 Å². The monoisotopic (exact) mass is 214 g/mol. The second kappa shape index (κ2) is 4.47. The van der Waals surface area contributed by atoms with E-state index in [2.05, 4.69) is 28.1 Å². The van der Waals surface area contributed by atoms with Crippen molar-refractivity contribution in [2.45, 2.75) is 0 Å². The number of halogens is 1. The molecule has 0 aliphatic heterocycles. The van der Waals surface area contributed by atoms with Gasteiger partial charge in [-0.2, -0.15) is 4.39 Å². The minimum Gasteiger partial charge on any atom is -0.375 e. The predicted molar refractivity (Wildman–Crippen MR) is 51.6 cm³/mol. The van der Waals surface area contributed by atoms with Crippen LogP contribution in [0.2, 0.25) is 0 Å². The summed E-state index contributed by atoms with van der Waals surface area (Å²) in [4.78, 5) is 14.5. The first kappa shape index (κ1) is 10.3. The van der Waals surface area contributed by atoms with E-state index in [-0.39, 0.29) is 10.7 Å². The molecule has 0 unspecified atom stereocenters. The quantitative estimate of drug-likeness (QED) is 0.340. The third-order valence-electron chi connectivity index (χ3n) is 1.29. The van der Waals surface area contributed by atoms with E-state index in [1.54, 1.807) is 0 Å². The Labute approximate surface area is 84.5 Å². The van der Waals surface area contributed by atoms with Gasteiger partial charge in [0.25, 0.3) is 5.91 Å². The van der Waals surface area contributed by atoms with E-state index in [9.17, 15) is 9.18 Å². The lowest BCUT2D eigenvalue weighted by molar-refractivity contribution is 0.0943.